The van der Waals surface area contributed by atoms with E-state index in [2.05, 4.69) is 5.32 Å². The Balaban J connectivity index is 2.88. The average molecular weight is 276 g/mol. The lowest BCUT2D eigenvalue weighted by Gasteiger charge is -2.29. The van der Waals surface area contributed by atoms with E-state index < -0.39 is 9.84 Å². The van der Waals surface area contributed by atoms with Crippen LogP contribution >= 0.6 is 0 Å². The molecule has 1 heterocycles. The summed E-state index contributed by atoms with van der Waals surface area (Å²) in [5.41, 5.74) is 0. The molecule has 3 unspecified atom stereocenters. The lowest BCUT2D eigenvalue weighted by Crippen LogP contribution is -2.45. The third-order valence-corrected chi connectivity index (χ3v) is 4.39. The maximum atomic E-state index is 12.3. The van der Waals surface area contributed by atoms with Crippen molar-refractivity contribution in [2.24, 2.45) is 5.92 Å². The van der Waals surface area contributed by atoms with Crippen molar-refractivity contribution in [1.29, 1.82) is 0 Å². The number of carbonyl (C=O) groups excluding carboxylic acids is 1. The van der Waals surface area contributed by atoms with E-state index in [1.807, 2.05) is 20.8 Å². The number of hydrogen-bond acceptors (Lipinski definition) is 4. The Morgan fingerprint density at radius 2 is 1.89 bits per heavy atom. The van der Waals surface area contributed by atoms with Gasteiger partial charge in [-0.15, -0.1) is 0 Å². The molecule has 18 heavy (non-hydrogen) atoms. The van der Waals surface area contributed by atoms with E-state index in [9.17, 15) is 13.2 Å². The summed E-state index contributed by atoms with van der Waals surface area (Å²) in [7, 11) is -3.08. The Bertz CT molecular complexity index is 406. The molecule has 1 amide bonds. The van der Waals surface area contributed by atoms with Crippen LogP contribution in [0.4, 0.5) is 0 Å². The molecule has 1 aliphatic rings. The summed E-state index contributed by atoms with van der Waals surface area (Å²) in [4.78, 5) is 14.0. The fraction of sp³-hybridized carbons (Fsp3) is 0.917. The first kappa shape index (κ1) is 15.4. The highest BCUT2D eigenvalue weighted by Crippen LogP contribution is 2.21. The molecule has 0 saturated carbocycles. The van der Waals surface area contributed by atoms with Crippen molar-refractivity contribution in [3.63, 3.8) is 0 Å². The predicted molar refractivity (Wildman–Crippen MR) is 71.9 cm³/mol. The molecule has 0 aromatic rings. The van der Waals surface area contributed by atoms with Crippen LogP contribution in [0.3, 0.4) is 0 Å². The zero-order valence-corrected chi connectivity index (χ0v) is 12.6. The third-order valence-electron chi connectivity index (χ3n) is 3.30. The van der Waals surface area contributed by atoms with Gasteiger partial charge in [-0.05, 0) is 19.3 Å². The minimum absolute atomic E-state index is 0.0156. The summed E-state index contributed by atoms with van der Waals surface area (Å²) >= 11 is 0. The van der Waals surface area contributed by atoms with E-state index in [0.717, 1.165) is 6.42 Å². The molecular formula is C12H24N2O3S. The molecule has 106 valence electrons. The van der Waals surface area contributed by atoms with Gasteiger partial charge in [0.05, 0.1) is 18.0 Å². The van der Waals surface area contributed by atoms with Crippen molar-refractivity contribution >= 4 is 15.7 Å². The van der Waals surface area contributed by atoms with Crippen LogP contribution in [0, 0.1) is 5.92 Å². The molecule has 1 N–H and O–H groups in total. The normalized spacial score (nSPS) is 27.0. The van der Waals surface area contributed by atoms with Gasteiger partial charge in [0.15, 0.2) is 0 Å². The van der Waals surface area contributed by atoms with Gasteiger partial charge in [-0.2, -0.15) is 0 Å². The second-order valence-electron chi connectivity index (χ2n) is 5.50. The maximum Gasteiger partial charge on any atom is 0.241 e. The fourth-order valence-corrected chi connectivity index (χ4v) is 3.54. The topological polar surface area (TPSA) is 66.5 Å². The van der Waals surface area contributed by atoms with Crippen molar-refractivity contribution in [3.05, 3.63) is 0 Å². The lowest BCUT2D eigenvalue weighted by atomic mass is 10.0. The number of sulfone groups is 1. The highest BCUT2D eigenvalue weighted by atomic mass is 32.2. The van der Waals surface area contributed by atoms with Crippen LogP contribution in [0.2, 0.25) is 0 Å². The van der Waals surface area contributed by atoms with Crippen LogP contribution < -0.4 is 5.32 Å². The van der Waals surface area contributed by atoms with E-state index in [4.69, 9.17) is 0 Å². The highest BCUT2D eigenvalue weighted by molar-refractivity contribution is 7.90. The van der Waals surface area contributed by atoms with Gasteiger partial charge in [0, 0.05) is 12.3 Å². The molecule has 0 radical (unpaired) electrons. The molecule has 1 saturated heterocycles. The Morgan fingerprint density at radius 3 is 2.28 bits per heavy atom. The number of hydrogen-bond donors (Lipinski definition) is 1. The molecule has 6 heteroatoms. The second kappa shape index (κ2) is 5.57. The molecule has 1 fully saturated rings. The Labute approximate surface area is 110 Å². The van der Waals surface area contributed by atoms with Gasteiger partial charge in [-0.25, -0.2) is 8.42 Å². The number of nitrogens with zero attached hydrogens (tertiary/aromatic N) is 1. The first-order valence-electron chi connectivity index (χ1n) is 6.43. The van der Waals surface area contributed by atoms with E-state index in [1.165, 1.54) is 6.26 Å². The quantitative estimate of drug-likeness (QED) is 0.799. The Hall–Kier alpha value is -0.620. The minimum Gasteiger partial charge on any atom is -0.322 e. The van der Waals surface area contributed by atoms with Crippen LogP contribution in [0.5, 0.6) is 0 Å². The number of carbonyl (C=O) groups is 1. The maximum absolute atomic E-state index is 12.3. The van der Waals surface area contributed by atoms with Crippen molar-refractivity contribution in [2.45, 2.75) is 52.4 Å². The first-order valence-corrected chi connectivity index (χ1v) is 8.49. The van der Waals surface area contributed by atoms with E-state index >= 15 is 0 Å². The van der Waals surface area contributed by atoms with Gasteiger partial charge in [0.2, 0.25) is 5.91 Å². The predicted octanol–water partition coefficient (Wildman–Crippen LogP) is 0.612. The van der Waals surface area contributed by atoms with Crippen LogP contribution in [-0.2, 0) is 14.6 Å². The van der Waals surface area contributed by atoms with Crippen LogP contribution in [0.25, 0.3) is 0 Å². The molecule has 0 aromatic carbocycles. The number of nitrogens with one attached hydrogen (secondary N) is 1. The molecule has 1 rings (SSSR count). The first-order chi connectivity index (χ1) is 8.17. The molecule has 3 atom stereocenters. The molecular weight excluding hydrogens is 252 g/mol. The molecule has 0 spiro atoms. The van der Waals surface area contributed by atoms with Crippen LogP contribution in [0.1, 0.15) is 34.1 Å². The van der Waals surface area contributed by atoms with Crippen molar-refractivity contribution in [2.75, 3.05) is 12.0 Å². The fourth-order valence-electron chi connectivity index (χ4n) is 2.51. The number of rotatable bonds is 5. The van der Waals surface area contributed by atoms with Gasteiger partial charge in [-0.3, -0.25) is 10.1 Å². The van der Waals surface area contributed by atoms with Crippen LogP contribution in [0.15, 0.2) is 0 Å². The van der Waals surface area contributed by atoms with Gasteiger partial charge in [0.25, 0.3) is 0 Å². The molecule has 0 aromatic heterocycles. The average Bonchev–Trinajstić information content (AvgIpc) is 2.52. The van der Waals surface area contributed by atoms with Crippen molar-refractivity contribution < 1.29 is 13.2 Å². The van der Waals surface area contributed by atoms with E-state index in [1.54, 1.807) is 11.8 Å². The Morgan fingerprint density at radius 1 is 1.33 bits per heavy atom. The standard InChI is InChI=1S/C12H24N2O3S/c1-6-10-13-11(8(2)3)12(15)14(10)9(4)7-18(5,16)17/h8-11,13H,6-7H2,1-5H3. The summed E-state index contributed by atoms with van der Waals surface area (Å²) in [6, 6.07) is -0.481. The lowest BCUT2D eigenvalue weighted by molar-refractivity contribution is -0.132. The third kappa shape index (κ3) is 3.45. The zero-order chi connectivity index (χ0) is 14.1. The monoisotopic (exact) mass is 276 g/mol. The smallest absolute Gasteiger partial charge is 0.241 e. The van der Waals surface area contributed by atoms with E-state index in [-0.39, 0.29) is 35.8 Å². The van der Waals surface area contributed by atoms with Crippen LogP contribution in [-0.4, -0.2) is 49.5 Å². The summed E-state index contributed by atoms with van der Waals surface area (Å²) < 4.78 is 22.7. The summed E-state index contributed by atoms with van der Waals surface area (Å²) in [5.74, 6) is 0.247. The van der Waals surface area contributed by atoms with Gasteiger partial charge in [0.1, 0.15) is 9.84 Å². The Kier molecular flexibility index (Phi) is 4.78. The summed E-state index contributed by atoms with van der Waals surface area (Å²) in [6.07, 6.45) is 1.93. The number of amides is 1. The largest absolute Gasteiger partial charge is 0.322 e. The molecule has 5 nitrogen and oxygen atoms in total. The summed E-state index contributed by atoms with van der Waals surface area (Å²) in [5, 5.41) is 3.29. The second-order valence-corrected chi connectivity index (χ2v) is 7.68. The van der Waals surface area contributed by atoms with E-state index in [0.29, 0.717) is 0 Å². The van der Waals surface area contributed by atoms with Crippen molar-refractivity contribution in [1.82, 2.24) is 10.2 Å². The van der Waals surface area contributed by atoms with Gasteiger partial charge >= 0.3 is 0 Å². The van der Waals surface area contributed by atoms with Crippen molar-refractivity contribution in [3.8, 4) is 0 Å². The molecule has 1 aliphatic heterocycles. The molecule has 0 bridgehead atoms. The SMILES string of the molecule is CCC1NC(C(C)C)C(=O)N1C(C)CS(C)(=O)=O. The highest BCUT2D eigenvalue weighted by Gasteiger charge is 2.42. The molecule has 0 aliphatic carbocycles. The van der Waals surface area contributed by atoms with Gasteiger partial charge < -0.3 is 4.90 Å². The zero-order valence-electron chi connectivity index (χ0n) is 11.8. The van der Waals surface area contributed by atoms with Gasteiger partial charge in [-0.1, -0.05) is 20.8 Å². The summed E-state index contributed by atoms with van der Waals surface area (Å²) in [6.45, 7) is 7.78. The minimum atomic E-state index is -3.08.